The van der Waals surface area contributed by atoms with E-state index in [1.165, 1.54) is 0 Å². The molecule has 5 heteroatoms. The molecule has 0 aliphatic carbocycles. The Balaban J connectivity index is 2.49. The summed E-state index contributed by atoms with van der Waals surface area (Å²) in [5, 5.41) is 0.860. The molecule has 1 heterocycles. The van der Waals surface area contributed by atoms with Gasteiger partial charge in [-0.1, -0.05) is 35.3 Å². The number of benzene rings is 1. The third-order valence-electron chi connectivity index (χ3n) is 1.78. The summed E-state index contributed by atoms with van der Waals surface area (Å²) in [6.45, 7) is 0. The van der Waals surface area contributed by atoms with E-state index in [-0.39, 0.29) is 11.1 Å². The molecule has 0 amide bonds. The lowest BCUT2D eigenvalue weighted by molar-refractivity contribution is 1.18. The molecular weight excluding hydrogens is 233 g/mol. The van der Waals surface area contributed by atoms with Gasteiger partial charge < -0.3 is 5.73 Å². The van der Waals surface area contributed by atoms with Crippen LogP contribution in [0.3, 0.4) is 0 Å². The van der Waals surface area contributed by atoms with Gasteiger partial charge in [-0.05, 0) is 12.1 Å². The van der Waals surface area contributed by atoms with Crippen molar-refractivity contribution in [3.63, 3.8) is 0 Å². The Bertz CT molecular complexity index is 462. The van der Waals surface area contributed by atoms with E-state index in [2.05, 4.69) is 16.0 Å². The predicted octanol–water partition coefficient (Wildman–Crippen LogP) is 2.83. The van der Waals surface area contributed by atoms with Crippen molar-refractivity contribution in [1.82, 2.24) is 9.97 Å². The second kappa shape index (κ2) is 4.04. The van der Waals surface area contributed by atoms with Crippen molar-refractivity contribution in [2.24, 2.45) is 0 Å². The van der Waals surface area contributed by atoms with Gasteiger partial charge in [0.2, 0.25) is 5.95 Å². The highest BCUT2D eigenvalue weighted by Gasteiger charge is 2.03. The maximum Gasteiger partial charge on any atom is 0.222 e. The maximum absolute atomic E-state index is 5.77. The molecule has 0 atom stereocenters. The van der Waals surface area contributed by atoms with E-state index in [1.54, 1.807) is 12.1 Å². The molecular formula is C10H6Cl2N3. The average molecular weight is 239 g/mol. The van der Waals surface area contributed by atoms with Crippen molar-refractivity contribution in [2.45, 2.75) is 0 Å². The summed E-state index contributed by atoms with van der Waals surface area (Å²) < 4.78 is 0. The normalized spacial score (nSPS) is 10.3. The molecule has 3 nitrogen and oxygen atoms in total. The molecule has 0 unspecified atom stereocenters. The third-order valence-corrected chi connectivity index (χ3v) is 2.21. The summed E-state index contributed by atoms with van der Waals surface area (Å²) >= 11 is 11.5. The summed E-state index contributed by atoms with van der Waals surface area (Å²) in [4.78, 5) is 7.75. The Kier molecular flexibility index (Phi) is 2.75. The van der Waals surface area contributed by atoms with Gasteiger partial charge in [-0.3, -0.25) is 0 Å². The van der Waals surface area contributed by atoms with Gasteiger partial charge in [0.1, 0.15) is 5.15 Å². The summed E-state index contributed by atoms with van der Waals surface area (Å²) in [6.07, 6.45) is 0. The Morgan fingerprint density at radius 1 is 1.07 bits per heavy atom. The maximum atomic E-state index is 5.77. The molecule has 0 aliphatic heterocycles. The number of halogens is 2. The minimum absolute atomic E-state index is 0.128. The van der Waals surface area contributed by atoms with Gasteiger partial charge in [0, 0.05) is 10.6 Å². The molecule has 1 radical (unpaired) electrons. The number of nitrogen functional groups attached to an aromatic ring is 1. The number of aromatic nitrogens is 2. The monoisotopic (exact) mass is 238 g/mol. The van der Waals surface area contributed by atoms with E-state index in [4.69, 9.17) is 28.9 Å². The molecule has 0 spiro atoms. The van der Waals surface area contributed by atoms with Crippen molar-refractivity contribution in [1.29, 1.82) is 0 Å². The van der Waals surface area contributed by atoms with Crippen molar-refractivity contribution in [3.05, 3.63) is 40.5 Å². The fraction of sp³-hybridized carbons (Fsp3) is 0. The van der Waals surface area contributed by atoms with Crippen LogP contribution in [0.15, 0.2) is 24.3 Å². The lowest BCUT2D eigenvalue weighted by Crippen LogP contribution is -1.96. The highest BCUT2D eigenvalue weighted by Crippen LogP contribution is 2.21. The van der Waals surface area contributed by atoms with Gasteiger partial charge in [0.25, 0.3) is 0 Å². The molecule has 0 bridgehead atoms. The van der Waals surface area contributed by atoms with Crippen molar-refractivity contribution >= 4 is 29.2 Å². The third kappa shape index (κ3) is 2.37. The van der Waals surface area contributed by atoms with Crippen molar-refractivity contribution < 1.29 is 0 Å². The summed E-state index contributed by atoms with van der Waals surface area (Å²) in [5.41, 5.74) is 6.88. The Morgan fingerprint density at radius 2 is 1.73 bits per heavy atom. The van der Waals surface area contributed by atoms with Gasteiger partial charge in [-0.25, -0.2) is 9.97 Å². The lowest BCUT2D eigenvalue weighted by Gasteiger charge is -2.01. The van der Waals surface area contributed by atoms with E-state index in [0.29, 0.717) is 10.7 Å². The van der Waals surface area contributed by atoms with Gasteiger partial charge in [-0.15, -0.1) is 0 Å². The zero-order valence-electron chi connectivity index (χ0n) is 7.54. The molecule has 0 aliphatic rings. The predicted molar refractivity (Wildman–Crippen MR) is 60.7 cm³/mol. The number of rotatable bonds is 1. The fourth-order valence-electron chi connectivity index (χ4n) is 1.14. The Labute approximate surface area is 96.9 Å². The lowest BCUT2D eigenvalue weighted by atomic mass is 10.1. The van der Waals surface area contributed by atoms with Crippen molar-refractivity contribution in [3.8, 4) is 11.3 Å². The first-order chi connectivity index (χ1) is 7.15. The Hall–Kier alpha value is -1.32. The van der Waals surface area contributed by atoms with Crippen LogP contribution in [-0.4, -0.2) is 9.97 Å². The first kappa shape index (κ1) is 10.2. The smallest absolute Gasteiger partial charge is 0.222 e. The van der Waals surface area contributed by atoms with Crippen LogP contribution in [0.5, 0.6) is 0 Å². The van der Waals surface area contributed by atoms with Crippen LogP contribution in [0.4, 0.5) is 5.95 Å². The van der Waals surface area contributed by atoms with Crippen LogP contribution >= 0.6 is 23.2 Å². The van der Waals surface area contributed by atoms with Gasteiger partial charge >= 0.3 is 0 Å². The topological polar surface area (TPSA) is 51.8 Å². The summed E-state index contributed by atoms with van der Waals surface area (Å²) in [6, 6.07) is 9.96. The van der Waals surface area contributed by atoms with E-state index in [9.17, 15) is 0 Å². The van der Waals surface area contributed by atoms with Crippen molar-refractivity contribution in [2.75, 3.05) is 5.73 Å². The number of nitrogens with zero attached hydrogens (tertiary/aromatic N) is 2. The highest BCUT2D eigenvalue weighted by molar-refractivity contribution is 6.30. The second-order valence-electron chi connectivity index (χ2n) is 2.85. The summed E-state index contributed by atoms with van der Waals surface area (Å²) in [7, 11) is 0. The van der Waals surface area contributed by atoms with Crippen LogP contribution in [0.1, 0.15) is 0 Å². The van der Waals surface area contributed by atoms with Gasteiger partial charge in [0.15, 0.2) is 0 Å². The highest BCUT2D eigenvalue weighted by atomic mass is 35.5. The molecule has 2 aromatic rings. The average Bonchev–Trinajstić information content (AvgIpc) is 2.17. The summed E-state index contributed by atoms with van der Waals surface area (Å²) in [5.74, 6) is 0.128. The van der Waals surface area contributed by atoms with Crippen LogP contribution in [0.2, 0.25) is 10.2 Å². The molecule has 1 aromatic carbocycles. The van der Waals surface area contributed by atoms with E-state index < -0.39 is 0 Å². The zero-order chi connectivity index (χ0) is 10.8. The molecule has 2 N–H and O–H groups in total. The van der Waals surface area contributed by atoms with Crippen LogP contribution in [0.25, 0.3) is 11.3 Å². The van der Waals surface area contributed by atoms with E-state index in [0.717, 1.165) is 5.56 Å². The number of nitrogens with two attached hydrogens (primary N) is 1. The van der Waals surface area contributed by atoms with E-state index in [1.807, 2.05) is 12.1 Å². The largest absolute Gasteiger partial charge is 0.368 e. The van der Waals surface area contributed by atoms with Crippen LogP contribution < -0.4 is 5.73 Å². The van der Waals surface area contributed by atoms with Crippen LogP contribution in [-0.2, 0) is 0 Å². The van der Waals surface area contributed by atoms with Gasteiger partial charge in [-0.2, -0.15) is 0 Å². The Morgan fingerprint density at radius 3 is 2.33 bits per heavy atom. The van der Waals surface area contributed by atoms with Crippen LogP contribution in [0, 0.1) is 6.07 Å². The number of hydrogen-bond donors (Lipinski definition) is 1. The molecule has 75 valence electrons. The number of anilines is 1. The molecule has 0 saturated carbocycles. The van der Waals surface area contributed by atoms with E-state index >= 15 is 0 Å². The minimum Gasteiger partial charge on any atom is -0.368 e. The fourth-order valence-corrected chi connectivity index (χ4v) is 1.44. The molecule has 0 saturated heterocycles. The first-order valence-corrected chi connectivity index (χ1v) is 4.89. The molecule has 1 aromatic heterocycles. The second-order valence-corrected chi connectivity index (χ2v) is 3.65. The molecule has 2 rings (SSSR count). The standard InChI is InChI=1S/C10H6Cl2N3/c11-7-3-1-6(2-4-7)8-5-9(12)15-10(13)14-8/h1-4H,(H2,13,14,15). The minimum atomic E-state index is 0.128. The quantitative estimate of drug-likeness (QED) is 0.778. The molecule has 0 fully saturated rings. The zero-order valence-corrected chi connectivity index (χ0v) is 9.05. The first-order valence-electron chi connectivity index (χ1n) is 4.13. The SMILES string of the molecule is Nc1nc(Cl)[c]c(-c2ccc(Cl)cc2)n1. The van der Waals surface area contributed by atoms with Gasteiger partial charge in [0.05, 0.1) is 11.8 Å². The molecule has 15 heavy (non-hydrogen) atoms. The number of hydrogen-bond acceptors (Lipinski definition) is 3.